The summed E-state index contributed by atoms with van der Waals surface area (Å²) in [6.45, 7) is 2.72. The molecule has 0 saturated carbocycles. The van der Waals surface area contributed by atoms with E-state index in [9.17, 15) is 4.79 Å². The van der Waals surface area contributed by atoms with Gasteiger partial charge in [0.1, 0.15) is 0 Å². The van der Waals surface area contributed by atoms with Crippen molar-refractivity contribution in [3.05, 3.63) is 29.8 Å². The van der Waals surface area contributed by atoms with E-state index in [2.05, 4.69) is 9.64 Å². The number of carbonyl (C=O) groups excluding carboxylic acids is 1. The topological polar surface area (TPSA) is 64.8 Å². The lowest BCUT2D eigenvalue weighted by molar-refractivity contribution is 0.0600. The molecule has 2 N–H and O–H groups in total. The van der Waals surface area contributed by atoms with Gasteiger partial charge in [-0.25, -0.2) is 4.79 Å². The monoisotopic (exact) mass is 250 g/mol. The van der Waals surface area contributed by atoms with E-state index in [4.69, 9.17) is 10.5 Å². The number of anilines is 1. The number of rotatable bonds is 3. The molecule has 1 unspecified atom stereocenters. The molecule has 1 aromatic carbocycles. The highest BCUT2D eigenvalue weighted by Gasteiger charge is 2.22. The minimum Gasteiger partial charge on any atom is -0.465 e. The molecule has 0 aliphatic carbocycles. The Kier molecular flexibility index (Phi) is 4.17. The second-order valence-electron chi connectivity index (χ2n) is 4.20. The van der Waals surface area contributed by atoms with Crippen LogP contribution in [0, 0.1) is 0 Å². The molecule has 2 rings (SSSR count). The van der Waals surface area contributed by atoms with Crippen molar-refractivity contribution < 1.29 is 14.3 Å². The van der Waals surface area contributed by atoms with Crippen molar-refractivity contribution in [2.75, 3.05) is 38.3 Å². The Balaban J connectivity index is 2.15. The van der Waals surface area contributed by atoms with Gasteiger partial charge in [-0.15, -0.1) is 0 Å². The molecule has 98 valence electrons. The van der Waals surface area contributed by atoms with Gasteiger partial charge >= 0.3 is 5.97 Å². The van der Waals surface area contributed by atoms with Crippen LogP contribution in [0.3, 0.4) is 0 Å². The molecule has 1 heterocycles. The summed E-state index contributed by atoms with van der Waals surface area (Å²) in [6, 6.07) is 7.57. The molecule has 0 spiro atoms. The highest BCUT2D eigenvalue weighted by molar-refractivity contribution is 5.89. The number of esters is 1. The van der Waals surface area contributed by atoms with Gasteiger partial charge in [0.15, 0.2) is 0 Å². The van der Waals surface area contributed by atoms with Crippen molar-refractivity contribution in [2.45, 2.75) is 6.04 Å². The Morgan fingerprint density at radius 1 is 1.50 bits per heavy atom. The van der Waals surface area contributed by atoms with Crippen LogP contribution >= 0.6 is 0 Å². The zero-order valence-electron chi connectivity index (χ0n) is 10.5. The van der Waals surface area contributed by atoms with Gasteiger partial charge in [0.2, 0.25) is 0 Å². The Morgan fingerprint density at radius 3 is 2.83 bits per heavy atom. The maximum absolute atomic E-state index is 11.3. The molecule has 0 amide bonds. The third-order valence-corrected chi connectivity index (χ3v) is 3.12. The number of methoxy groups -OCH3 is 1. The fourth-order valence-electron chi connectivity index (χ4n) is 2.10. The summed E-state index contributed by atoms with van der Waals surface area (Å²) in [7, 11) is 1.38. The molecule has 0 aromatic heterocycles. The van der Waals surface area contributed by atoms with E-state index in [1.54, 1.807) is 12.1 Å². The highest BCUT2D eigenvalue weighted by atomic mass is 16.5. The number of ether oxygens (including phenoxy) is 2. The average molecular weight is 250 g/mol. The normalized spacial score (nSPS) is 19.7. The molecule has 1 aliphatic rings. The van der Waals surface area contributed by atoms with Crippen LogP contribution in [0.2, 0.25) is 0 Å². The smallest absolute Gasteiger partial charge is 0.337 e. The number of benzene rings is 1. The van der Waals surface area contributed by atoms with Crippen molar-refractivity contribution in [2.24, 2.45) is 5.73 Å². The fourth-order valence-corrected chi connectivity index (χ4v) is 2.10. The van der Waals surface area contributed by atoms with Gasteiger partial charge in [0.25, 0.3) is 0 Å². The van der Waals surface area contributed by atoms with Gasteiger partial charge in [-0.1, -0.05) is 0 Å². The first-order valence-corrected chi connectivity index (χ1v) is 5.99. The first-order chi connectivity index (χ1) is 8.76. The average Bonchev–Trinajstić information content (AvgIpc) is 2.46. The SMILES string of the molecule is COC(=O)c1ccc(N2CCOCC2CN)cc1. The highest BCUT2D eigenvalue weighted by Crippen LogP contribution is 2.20. The van der Waals surface area contributed by atoms with E-state index in [0.717, 1.165) is 12.2 Å². The Bertz CT molecular complexity index is 405. The van der Waals surface area contributed by atoms with E-state index in [0.29, 0.717) is 25.3 Å². The van der Waals surface area contributed by atoms with Gasteiger partial charge in [-0.2, -0.15) is 0 Å². The predicted octanol–water partition coefficient (Wildman–Crippen LogP) is 0.637. The first-order valence-electron chi connectivity index (χ1n) is 5.99. The number of nitrogens with zero attached hydrogens (tertiary/aromatic N) is 1. The van der Waals surface area contributed by atoms with E-state index >= 15 is 0 Å². The lowest BCUT2D eigenvalue weighted by atomic mass is 10.1. The third-order valence-electron chi connectivity index (χ3n) is 3.12. The number of hydrogen-bond acceptors (Lipinski definition) is 5. The van der Waals surface area contributed by atoms with Crippen LogP contribution in [0.25, 0.3) is 0 Å². The largest absolute Gasteiger partial charge is 0.465 e. The molecule has 5 nitrogen and oxygen atoms in total. The summed E-state index contributed by atoms with van der Waals surface area (Å²) >= 11 is 0. The second-order valence-corrected chi connectivity index (χ2v) is 4.20. The summed E-state index contributed by atoms with van der Waals surface area (Å²) in [4.78, 5) is 13.6. The maximum atomic E-state index is 11.3. The summed E-state index contributed by atoms with van der Waals surface area (Å²) in [5, 5.41) is 0. The van der Waals surface area contributed by atoms with Crippen LogP contribution in [-0.2, 0) is 9.47 Å². The molecular weight excluding hydrogens is 232 g/mol. The molecule has 1 fully saturated rings. The number of carbonyl (C=O) groups is 1. The first kappa shape index (κ1) is 12.9. The molecule has 0 radical (unpaired) electrons. The molecule has 1 atom stereocenters. The quantitative estimate of drug-likeness (QED) is 0.797. The van der Waals surface area contributed by atoms with Crippen LogP contribution in [0.4, 0.5) is 5.69 Å². The van der Waals surface area contributed by atoms with Gasteiger partial charge in [-0.3, -0.25) is 0 Å². The fraction of sp³-hybridized carbons (Fsp3) is 0.462. The summed E-state index contributed by atoms with van der Waals surface area (Å²) in [5.74, 6) is -0.320. The standard InChI is InChI=1S/C13H18N2O3/c1-17-13(16)10-2-4-11(5-3-10)15-6-7-18-9-12(15)8-14/h2-5,12H,6-9,14H2,1H3. The molecule has 1 aromatic rings. The van der Waals surface area contributed by atoms with Crippen LogP contribution in [0.15, 0.2) is 24.3 Å². The van der Waals surface area contributed by atoms with Crippen molar-refractivity contribution in [3.8, 4) is 0 Å². The molecule has 1 saturated heterocycles. The van der Waals surface area contributed by atoms with Crippen LogP contribution in [0.1, 0.15) is 10.4 Å². The summed E-state index contributed by atoms with van der Waals surface area (Å²) < 4.78 is 10.1. The van der Waals surface area contributed by atoms with Crippen LogP contribution in [0.5, 0.6) is 0 Å². The minimum atomic E-state index is -0.320. The Morgan fingerprint density at radius 2 is 2.22 bits per heavy atom. The van der Waals surface area contributed by atoms with Crippen molar-refractivity contribution in [3.63, 3.8) is 0 Å². The van der Waals surface area contributed by atoms with Crippen molar-refractivity contribution in [1.29, 1.82) is 0 Å². The number of morpholine rings is 1. The van der Waals surface area contributed by atoms with Crippen molar-refractivity contribution in [1.82, 2.24) is 0 Å². The maximum Gasteiger partial charge on any atom is 0.337 e. The van der Waals surface area contributed by atoms with E-state index in [1.807, 2.05) is 12.1 Å². The lowest BCUT2D eigenvalue weighted by Crippen LogP contribution is -2.49. The lowest BCUT2D eigenvalue weighted by Gasteiger charge is -2.36. The summed E-state index contributed by atoms with van der Waals surface area (Å²) in [6.07, 6.45) is 0. The predicted molar refractivity (Wildman–Crippen MR) is 68.8 cm³/mol. The van der Waals surface area contributed by atoms with Gasteiger partial charge < -0.3 is 20.1 Å². The van der Waals surface area contributed by atoms with E-state index < -0.39 is 0 Å². The zero-order chi connectivity index (χ0) is 13.0. The van der Waals surface area contributed by atoms with Gasteiger partial charge in [-0.05, 0) is 24.3 Å². The second kappa shape index (κ2) is 5.84. The Labute approximate surface area is 106 Å². The molecule has 18 heavy (non-hydrogen) atoms. The summed E-state index contributed by atoms with van der Waals surface area (Å²) in [5.41, 5.74) is 7.35. The number of nitrogens with two attached hydrogens (primary N) is 1. The van der Waals surface area contributed by atoms with Crippen LogP contribution < -0.4 is 10.6 Å². The van der Waals surface area contributed by atoms with Crippen molar-refractivity contribution >= 4 is 11.7 Å². The zero-order valence-corrected chi connectivity index (χ0v) is 10.5. The molecular formula is C13H18N2O3. The number of hydrogen-bond donors (Lipinski definition) is 1. The van der Waals surface area contributed by atoms with Gasteiger partial charge in [0, 0.05) is 18.8 Å². The van der Waals surface area contributed by atoms with Gasteiger partial charge in [0.05, 0.1) is 31.9 Å². The van der Waals surface area contributed by atoms with E-state index in [1.165, 1.54) is 7.11 Å². The molecule has 0 bridgehead atoms. The minimum absolute atomic E-state index is 0.197. The van der Waals surface area contributed by atoms with Crippen LogP contribution in [-0.4, -0.2) is 45.4 Å². The van der Waals surface area contributed by atoms with E-state index in [-0.39, 0.29) is 12.0 Å². The third kappa shape index (κ3) is 2.63. The molecule has 1 aliphatic heterocycles. The molecule has 5 heteroatoms. The Hall–Kier alpha value is -1.59.